The molecule has 3 N–H and O–H groups in total. The van der Waals surface area contributed by atoms with Gasteiger partial charge in [0.1, 0.15) is 4.90 Å². The van der Waals surface area contributed by atoms with Crippen molar-refractivity contribution in [3.8, 4) is 0 Å². The molecule has 1 aliphatic rings. The Morgan fingerprint density at radius 2 is 1.87 bits per heavy atom. The molecular weight excluding hydrogens is 535 g/mol. The molecule has 0 unspecified atom stereocenters. The van der Waals surface area contributed by atoms with E-state index in [0.717, 1.165) is 42.0 Å². The summed E-state index contributed by atoms with van der Waals surface area (Å²) in [6.45, 7) is 6.69. The molecule has 1 saturated heterocycles. The summed E-state index contributed by atoms with van der Waals surface area (Å²) in [5, 5.41) is 6.57. The molecule has 0 radical (unpaired) electrons. The van der Waals surface area contributed by atoms with Crippen molar-refractivity contribution < 1.29 is 13.2 Å². The third-order valence-corrected chi connectivity index (χ3v) is 6.98. The van der Waals surface area contributed by atoms with E-state index in [4.69, 9.17) is 17.0 Å². The number of rotatable bonds is 7. The van der Waals surface area contributed by atoms with E-state index >= 15 is 0 Å². The van der Waals surface area contributed by atoms with Gasteiger partial charge in [-0.05, 0) is 83.7 Å². The maximum atomic E-state index is 13.0. The van der Waals surface area contributed by atoms with Gasteiger partial charge in [-0.1, -0.05) is 6.07 Å². The Labute approximate surface area is 196 Å². The molecular formula is C20H25IN4O3S2. The van der Waals surface area contributed by atoms with E-state index in [-0.39, 0.29) is 4.90 Å². The summed E-state index contributed by atoms with van der Waals surface area (Å²) in [5.41, 5.74) is 1.78. The van der Waals surface area contributed by atoms with Crippen molar-refractivity contribution in [2.75, 3.05) is 49.4 Å². The number of anilines is 2. The third kappa shape index (κ3) is 6.77. The van der Waals surface area contributed by atoms with Gasteiger partial charge in [-0.15, -0.1) is 0 Å². The highest BCUT2D eigenvalue weighted by Crippen LogP contribution is 2.25. The van der Waals surface area contributed by atoms with Crippen LogP contribution in [0.15, 0.2) is 47.4 Å². The van der Waals surface area contributed by atoms with Gasteiger partial charge in [-0.2, -0.15) is 0 Å². The molecule has 0 saturated carbocycles. The Hall–Kier alpha value is -1.47. The Morgan fingerprint density at radius 1 is 1.17 bits per heavy atom. The van der Waals surface area contributed by atoms with Crippen molar-refractivity contribution in [2.45, 2.75) is 11.8 Å². The normalized spacial score (nSPS) is 14.9. The van der Waals surface area contributed by atoms with Gasteiger partial charge in [0.25, 0.3) is 10.0 Å². The summed E-state index contributed by atoms with van der Waals surface area (Å²) in [6.07, 6.45) is 0. The standard InChI is InChI=1S/C20H25IN4O3S2/c1-15-2-7-18(23-20(29)22-8-9-25-10-12-28-13-11-25)19(14-15)30(26,27)24-17-5-3-16(21)4-6-17/h2-7,14,24H,8-13H2,1H3,(H2,22,23,29). The van der Waals surface area contributed by atoms with Gasteiger partial charge in [0, 0.05) is 35.4 Å². The van der Waals surface area contributed by atoms with E-state index in [2.05, 4.69) is 42.8 Å². The van der Waals surface area contributed by atoms with E-state index in [1.807, 2.05) is 25.1 Å². The van der Waals surface area contributed by atoms with Crippen molar-refractivity contribution in [3.05, 3.63) is 51.6 Å². The van der Waals surface area contributed by atoms with Crippen LogP contribution in [0.5, 0.6) is 0 Å². The minimum absolute atomic E-state index is 0.151. The Kier molecular flexibility index (Phi) is 8.28. The highest BCUT2D eigenvalue weighted by atomic mass is 127. The van der Waals surface area contributed by atoms with Crippen LogP contribution in [0.1, 0.15) is 5.56 Å². The van der Waals surface area contributed by atoms with Crippen molar-refractivity contribution in [1.29, 1.82) is 0 Å². The zero-order valence-corrected chi connectivity index (χ0v) is 20.4. The molecule has 0 amide bonds. The van der Waals surface area contributed by atoms with Crippen molar-refractivity contribution in [1.82, 2.24) is 10.2 Å². The van der Waals surface area contributed by atoms with Gasteiger partial charge in [-0.3, -0.25) is 9.62 Å². The number of nitrogens with zero attached hydrogens (tertiary/aromatic N) is 1. The molecule has 1 fully saturated rings. The zero-order valence-electron chi connectivity index (χ0n) is 16.7. The van der Waals surface area contributed by atoms with Crippen LogP contribution in [0.3, 0.4) is 0 Å². The van der Waals surface area contributed by atoms with Gasteiger partial charge >= 0.3 is 0 Å². The summed E-state index contributed by atoms with van der Waals surface area (Å²) in [4.78, 5) is 2.45. The number of benzene rings is 2. The molecule has 162 valence electrons. The van der Waals surface area contributed by atoms with Gasteiger partial charge in [-0.25, -0.2) is 8.42 Å². The first-order valence-corrected chi connectivity index (χ1v) is 12.5. The molecule has 0 aromatic heterocycles. The van der Waals surface area contributed by atoms with E-state index in [0.29, 0.717) is 23.0 Å². The molecule has 7 nitrogen and oxygen atoms in total. The molecule has 0 aliphatic carbocycles. The van der Waals surface area contributed by atoms with Crippen LogP contribution in [-0.4, -0.2) is 57.8 Å². The highest BCUT2D eigenvalue weighted by molar-refractivity contribution is 14.1. The van der Waals surface area contributed by atoms with E-state index in [1.54, 1.807) is 24.3 Å². The van der Waals surface area contributed by atoms with Crippen LogP contribution in [0.25, 0.3) is 0 Å². The Balaban J connectivity index is 1.66. The maximum Gasteiger partial charge on any atom is 0.263 e. The second-order valence-electron chi connectivity index (χ2n) is 6.95. The fourth-order valence-electron chi connectivity index (χ4n) is 3.00. The highest BCUT2D eigenvalue weighted by Gasteiger charge is 2.20. The number of hydrogen-bond acceptors (Lipinski definition) is 5. The van der Waals surface area contributed by atoms with E-state index in [1.165, 1.54) is 0 Å². The average Bonchev–Trinajstić information content (AvgIpc) is 2.71. The second-order valence-corrected chi connectivity index (χ2v) is 10.3. The molecule has 0 spiro atoms. The van der Waals surface area contributed by atoms with Gasteiger partial charge in [0.05, 0.1) is 18.9 Å². The molecule has 30 heavy (non-hydrogen) atoms. The van der Waals surface area contributed by atoms with Crippen LogP contribution in [-0.2, 0) is 14.8 Å². The quantitative estimate of drug-likeness (QED) is 0.355. The van der Waals surface area contributed by atoms with E-state index in [9.17, 15) is 8.42 Å². The van der Waals surface area contributed by atoms with E-state index < -0.39 is 10.0 Å². The van der Waals surface area contributed by atoms with Crippen LogP contribution in [0.4, 0.5) is 11.4 Å². The first kappa shape index (κ1) is 23.2. The molecule has 10 heteroatoms. The molecule has 1 aliphatic heterocycles. The SMILES string of the molecule is Cc1ccc(NC(=S)NCCN2CCOCC2)c(S(=O)(=O)Nc2ccc(I)cc2)c1. The van der Waals surface area contributed by atoms with Crippen molar-refractivity contribution in [3.63, 3.8) is 0 Å². The fraction of sp³-hybridized carbons (Fsp3) is 0.350. The molecule has 3 rings (SSSR count). The monoisotopic (exact) mass is 560 g/mol. The molecule has 0 atom stereocenters. The summed E-state index contributed by atoms with van der Waals surface area (Å²) < 4.78 is 35.1. The largest absolute Gasteiger partial charge is 0.379 e. The Morgan fingerprint density at radius 3 is 2.57 bits per heavy atom. The number of nitrogens with one attached hydrogen (secondary N) is 3. The lowest BCUT2D eigenvalue weighted by atomic mass is 10.2. The molecule has 0 bridgehead atoms. The first-order valence-electron chi connectivity index (χ1n) is 9.57. The third-order valence-electron chi connectivity index (χ3n) is 4.59. The van der Waals surface area contributed by atoms with Gasteiger partial charge in [0.15, 0.2) is 5.11 Å². The number of aryl methyl sites for hydroxylation is 1. The number of halogens is 1. The number of ether oxygens (including phenoxy) is 1. The van der Waals surface area contributed by atoms with Gasteiger partial charge < -0.3 is 15.4 Å². The smallest absolute Gasteiger partial charge is 0.263 e. The number of thiocarbonyl (C=S) groups is 1. The van der Waals surface area contributed by atoms with Gasteiger partial charge in [0.2, 0.25) is 0 Å². The minimum atomic E-state index is -3.79. The first-order chi connectivity index (χ1) is 14.3. The topological polar surface area (TPSA) is 82.7 Å². The minimum Gasteiger partial charge on any atom is -0.379 e. The van der Waals surface area contributed by atoms with Crippen LogP contribution in [0, 0.1) is 10.5 Å². The van der Waals surface area contributed by atoms with Crippen molar-refractivity contribution in [2.24, 2.45) is 0 Å². The Bertz CT molecular complexity index is 978. The predicted molar refractivity (Wildman–Crippen MR) is 133 cm³/mol. The summed E-state index contributed by atoms with van der Waals surface area (Å²) in [6, 6.07) is 12.4. The lowest BCUT2D eigenvalue weighted by molar-refractivity contribution is 0.0389. The lowest BCUT2D eigenvalue weighted by Gasteiger charge is -2.26. The van der Waals surface area contributed by atoms with Crippen LogP contribution in [0.2, 0.25) is 0 Å². The van der Waals surface area contributed by atoms with Crippen LogP contribution >= 0.6 is 34.8 Å². The summed E-state index contributed by atoms with van der Waals surface area (Å²) in [7, 11) is -3.79. The van der Waals surface area contributed by atoms with Crippen molar-refractivity contribution >= 4 is 61.3 Å². The summed E-state index contributed by atoms with van der Waals surface area (Å²) in [5.74, 6) is 0. The summed E-state index contributed by atoms with van der Waals surface area (Å²) >= 11 is 7.56. The fourth-order valence-corrected chi connectivity index (χ4v) is 4.88. The number of morpholine rings is 1. The predicted octanol–water partition coefficient (Wildman–Crippen LogP) is 3.02. The number of sulfonamides is 1. The molecule has 2 aromatic carbocycles. The molecule has 1 heterocycles. The van der Waals surface area contributed by atoms with Crippen LogP contribution < -0.4 is 15.4 Å². The lowest BCUT2D eigenvalue weighted by Crippen LogP contribution is -2.42. The molecule has 2 aromatic rings. The number of hydrogen-bond donors (Lipinski definition) is 3. The maximum absolute atomic E-state index is 13.0. The zero-order chi connectivity index (χ0) is 21.6. The second kappa shape index (κ2) is 10.7. The average molecular weight is 560 g/mol.